The predicted octanol–water partition coefficient (Wildman–Crippen LogP) is 4.97. The Kier molecular flexibility index (Phi) is 8.48. The summed E-state index contributed by atoms with van der Waals surface area (Å²) in [6, 6.07) is 11.5. The third kappa shape index (κ3) is 8.53. The Morgan fingerprint density at radius 3 is 2.48 bits per heavy atom. The fourth-order valence-electron chi connectivity index (χ4n) is 2.49. The Morgan fingerprint density at radius 1 is 1.03 bits per heavy atom. The minimum absolute atomic E-state index is 0.0194. The monoisotopic (exact) mass is 410 g/mol. The second kappa shape index (κ2) is 10.8. The predicted molar refractivity (Wildman–Crippen MR) is 104 cm³/mol. The minimum Gasteiger partial charge on any atom is -0.376 e. The number of hydrogen-bond donors (Lipinski definition) is 2. The van der Waals surface area contributed by atoms with Crippen LogP contribution in [0, 0.1) is 0 Å². The Bertz CT molecular complexity index is 795. The fraction of sp³-hybridized carbons (Fsp3) is 0.381. The third-order valence-corrected chi connectivity index (χ3v) is 3.84. The van der Waals surface area contributed by atoms with Gasteiger partial charge in [0.15, 0.2) is 0 Å². The molecule has 0 saturated heterocycles. The Hall–Kier alpha value is -2.58. The highest BCUT2D eigenvalue weighted by Crippen LogP contribution is 2.29. The Balaban J connectivity index is 1.80. The van der Waals surface area contributed by atoms with E-state index in [9.17, 15) is 18.0 Å². The normalized spacial score (nSPS) is 11.5. The second-order valence-corrected chi connectivity index (χ2v) is 6.68. The van der Waals surface area contributed by atoms with E-state index in [-0.39, 0.29) is 12.6 Å². The van der Waals surface area contributed by atoms with Crippen molar-refractivity contribution in [1.82, 2.24) is 5.32 Å². The van der Waals surface area contributed by atoms with Crippen molar-refractivity contribution < 1.29 is 27.4 Å². The van der Waals surface area contributed by atoms with Gasteiger partial charge in [-0.25, -0.2) is 4.79 Å². The number of benzene rings is 2. The number of ether oxygens (including phenoxy) is 2. The molecule has 0 bridgehead atoms. The van der Waals surface area contributed by atoms with Crippen LogP contribution in [0.1, 0.15) is 30.5 Å². The van der Waals surface area contributed by atoms with E-state index >= 15 is 0 Å². The van der Waals surface area contributed by atoms with Gasteiger partial charge in [0.05, 0.1) is 31.5 Å². The number of amides is 2. The minimum atomic E-state index is -4.41. The molecule has 8 heteroatoms. The van der Waals surface area contributed by atoms with Crippen LogP contribution in [0.4, 0.5) is 23.7 Å². The first-order chi connectivity index (χ1) is 13.7. The summed E-state index contributed by atoms with van der Waals surface area (Å²) in [5.41, 5.74) is 1.06. The number of alkyl halides is 3. The average Bonchev–Trinajstić information content (AvgIpc) is 2.66. The smallest absolute Gasteiger partial charge is 0.376 e. The topological polar surface area (TPSA) is 59.6 Å². The lowest BCUT2D eigenvalue weighted by molar-refractivity contribution is -0.137. The molecule has 0 saturated carbocycles. The molecule has 0 spiro atoms. The largest absolute Gasteiger partial charge is 0.416 e. The lowest BCUT2D eigenvalue weighted by atomic mass is 10.1. The van der Waals surface area contributed by atoms with Crippen LogP contribution in [0.5, 0.6) is 0 Å². The first-order valence-corrected chi connectivity index (χ1v) is 9.23. The molecule has 158 valence electrons. The molecule has 0 heterocycles. The number of hydrogen-bond acceptors (Lipinski definition) is 3. The molecule has 2 amide bonds. The van der Waals surface area contributed by atoms with Crippen molar-refractivity contribution in [2.75, 3.05) is 18.5 Å². The molecule has 0 fully saturated rings. The van der Waals surface area contributed by atoms with E-state index in [1.807, 2.05) is 19.9 Å². The van der Waals surface area contributed by atoms with Gasteiger partial charge in [0.25, 0.3) is 0 Å². The first kappa shape index (κ1) is 22.7. The molecule has 5 nitrogen and oxygen atoms in total. The number of nitrogens with one attached hydrogen (secondary N) is 2. The second-order valence-electron chi connectivity index (χ2n) is 6.68. The quantitative estimate of drug-likeness (QED) is 0.574. The van der Waals surface area contributed by atoms with Crippen molar-refractivity contribution in [2.24, 2.45) is 0 Å². The molecule has 2 rings (SSSR count). The molecule has 0 aliphatic rings. The van der Waals surface area contributed by atoms with Crippen molar-refractivity contribution >= 4 is 11.7 Å². The molecule has 2 aromatic carbocycles. The van der Waals surface area contributed by atoms with Gasteiger partial charge in [0, 0.05) is 12.2 Å². The maximum Gasteiger partial charge on any atom is 0.416 e. The van der Waals surface area contributed by atoms with Crippen molar-refractivity contribution in [2.45, 2.75) is 39.3 Å². The molecule has 0 aromatic heterocycles. The highest BCUT2D eigenvalue weighted by atomic mass is 19.4. The fourth-order valence-corrected chi connectivity index (χ4v) is 2.49. The van der Waals surface area contributed by atoms with Gasteiger partial charge < -0.3 is 20.1 Å². The molecule has 0 aliphatic carbocycles. The lowest BCUT2D eigenvalue weighted by Crippen LogP contribution is -2.28. The Morgan fingerprint density at radius 2 is 1.76 bits per heavy atom. The SMILES string of the molecule is CC(C)OCCOCc1cccc(NC(=O)NCc2cccc(C(F)(F)F)c2)c1. The molecular formula is C21H25F3N2O3. The van der Waals surface area contributed by atoms with E-state index in [0.717, 1.165) is 17.7 Å². The summed E-state index contributed by atoms with van der Waals surface area (Å²) in [6.07, 6.45) is -4.26. The van der Waals surface area contributed by atoms with Gasteiger partial charge in [-0.2, -0.15) is 13.2 Å². The van der Waals surface area contributed by atoms with Crippen LogP contribution in [0.25, 0.3) is 0 Å². The van der Waals surface area contributed by atoms with Crippen LogP contribution in [0.3, 0.4) is 0 Å². The van der Waals surface area contributed by atoms with E-state index < -0.39 is 17.8 Å². The molecule has 0 radical (unpaired) electrons. The summed E-state index contributed by atoms with van der Waals surface area (Å²) in [6.45, 7) is 5.23. The molecule has 0 aliphatic heterocycles. The third-order valence-electron chi connectivity index (χ3n) is 3.84. The van der Waals surface area contributed by atoms with Crippen molar-refractivity contribution in [3.8, 4) is 0 Å². The molecule has 29 heavy (non-hydrogen) atoms. The Labute approximate surface area is 168 Å². The van der Waals surface area contributed by atoms with Gasteiger partial charge in [-0.1, -0.05) is 24.3 Å². The van der Waals surface area contributed by atoms with E-state index in [4.69, 9.17) is 9.47 Å². The van der Waals surface area contributed by atoms with E-state index in [1.54, 1.807) is 18.2 Å². The highest BCUT2D eigenvalue weighted by Gasteiger charge is 2.30. The van der Waals surface area contributed by atoms with Crippen LogP contribution in [0.15, 0.2) is 48.5 Å². The van der Waals surface area contributed by atoms with Gasteiger partial charge in [-0.15, -0.1) is 0 Å². The molecular weight excluding hydrogens is 385 g/mol. The number of urea groups is 1. The van der Waals surface area contributed by atoms with E-state index in [0.29, 0.717) is 31.1 Å². The van der Waals surface area contributed by atoms with Crippen LogP contribution >= 0.6 is 0 Å². The first-order valence-electron chi connectivity index (χ1n) is 9.23. The van der Waals surface area contributed by atoms with Crippen LogP contribution < -0.4 is 10.6 Å². The zero-order valence-electron chi connectivity index (χ0n) is 16.4. The van der Waals surface area contributed by atoms with Crippen LogP contribution in [-0.4, -0.2) is 25.3 Å². The molecule has 0 unspecified atom stereocenters. The summed E-state index contributed by atoms with van der Waals surface area (Å²) < 4.78 is 49.1. The summed E-state index contributed by atoms with van der Waals surface area (Å²) in [7, 11) is 0. The van der Waals surface area contributed by atoms with Gasteiger partial charge in [0.1, 0.15) is 0 Å². The standard InChI is InChI=1S/C21H25F3N2O3/c1-15(2)29-10-9-28-14-17-6-4-8-19(12-17)26-20(27)25-13-16-5-3-7-18(11-16)21(22,23)24/h3-8,11-12,15H,9-10,13-14H2,1-2H3,(H2,25,26,27). The van der Waals surface area contributed by atoms with E-state index in [2.05, 4.69) is 10.6 Å². The van der Waals surface area contributed by atoms with Gasteiger partial charge >= 0.3 is 12.2 Å². The molecule has 2 aromatic rings. The van der Waals surface area contributed by atoms with Crippen molar-refractivity contribution in [1.29, 1.82) is 0 Å². The number of rotatable bonds is 9. The highest BCUT2D eigenvalue weighted by molar-refractivity contribution is 5.89. The van der Waals surface area contributed by atoms with Crippen molar-refractivity contribution in [3.05, 3.63) is 65.2 Å². The van der Waals surface area contributed by atoms with Crippen molar-refractivity contribution in [3.63, 3.8) is 0 Å². The number of anilines is 1. The maximum atomic E-state index is 12.7. The van der Waals surface area contributed by atoms with E-state index in [1.165, 1.54) is 12.1 Å². The number of carbonyl (C=O) groups excluding carboxylic acids is 1. The number of carbonyl (C=O) groups is 1. The van der Waals surface area contributed by atoms with Gasteiger partial charge in [-0.3, -0.25) is 0 Å². The summed E-state index contributed by atoms with van der Waals surface area (Å²) in [4.78, 5) is 12.0. The van der Waals surface area contributed by atoms with Gasteiger partial charge in [-0.05, 0) is 49.2 Å². The zero-order valence-corrected chi connectivity index (χ0v) is 16.4. The van der Waals surface area contributed by atoms with Crippen LogP contribution in [-0.2, 0) is 28.8 Å². The zero-order chi connectivity index (χ0) is 21.3. The molecule has 0 atom stereocenters. The number of halogens is 3. The average molecular weight is 410 g/mol. The summed E-state index contributed by atoms with van der Waals surface area (Å²) >= 11 is 0. The molecule has 2 N–H and O–H groups in total. The summed E-state index contributed by atoms with van der Waals surface area (Å²) in [5.74, 6) is 0. The maximum absolute atomic E-state index is 12.7. The van der Waals surface area contributed by atoms with Crippen LogP contribution in [0.2, 0.25) is 0 Å². The lowest BCUT2D eigenvalue weighted by Gasteiger charge is -2.11. The summed E-state index contributed by atoms with van der Waals surface area (Å²) in [5, 5.41) is 5.21. The van der Waals surface area contributed by atoms with Gasteiger partial charge in [0.2, 0.25) is 0 Å².